The Bertz CT molecular complexity index is 1150. The number of hydrogen-bond acceptors (Lipinski definition) is 3. The Kier molecular flexibility index (Phi) is 8.44. The van der Waals surface area contributed by atoms with E-state index in [-0.39, 0.29) is 12.5 Å². The maximum absolute atomic E-state index is 12.2. The van der Waals surface area contributed by atoms with Gasteiger partial charge in [-0.3, -0.25) is 4.79 Å². The summed E-state index contributed by atoms with van der Waals surface area (Å²) in [6.07, 6.45) is 3.35. The minimum atomic E-state index is -0.317. The van der Waals surface area contributed by atoms with Gasteiger partial charge in [-0.15, -0.1) is 0 Å². The summed E-state index contributed by atoms with van der Waals surface area (Å²) in [6, 6.07) is 23.1. The van der Waals surface area contributed by atoms with E-state index in [0.717, 1.165) is 42.9 Å². The first-order valence-electron chi connectivity index (χ1n) is 11.3. The second kappa shape index (κ2) is 11.7. The number of benzene rings is 3. The predicted octanol–water partition coefficient (Wildman–Crippen LogP) is 6.64. The van der Waals surface area contributed by atoms with E-state index in [9.17, 15) is 4.79 Å². The van der Waals surface area contributed by atoms with Crippen molar-refractivity contribution in [1.29, 1.82) is 0 Å². The highest BCUT2D eigenvalue weighted by Crippen LogP contribution is 2.28. The Balaban J connectivity index is 1.28. The highest BCUT2D eigenvalue weighted by molar-refractivity contribution is 7.80. The largest absolute Gasteiger partial charge is 0.482 e. The minimum absolute atomic E-state index is 0.177. The third-order valence-electron chi connectivity index (χ3n) is 5.95. The van der Waals surface area contributed by atoms with Crippen LogP contribution in [0.5, 0.6) is 5.75 Å². The van der Waals surface area contributed by atoms with E-state index in [1.54, 1.807) is 36.4 Å². The van der Waals surface area contributed by atoms with Crippen LogP contribution in [0.1, 0.15) is 24.0 Å². The first kappa shape index (κ1) is 24.5. The number of likely N-dealkylation sites (tertiary alicyclic amines) is 1. The highest BCUT2D eigenvalue weighted by Gasteiger charge is 2.22. The topological polar surface area (TPSA) is 41.6 Å². The number of piperidine rings is 1. The molecule has 0 atom stereocenters. The minimum Gasteiger partial charge on any atom is -0.482 e. The van der Waals surface area contributed by atoms with E-state index in [4.69, 9.17) is 40.2 Å². The number of rotatable bonds is 7. The quantitative estimate of drug-likeness (QED) is 0.360. The van der Waals surface area contributed by atoms with E-state index in [1.807, 2.05) is 6.07 Å². The van der Waals surface area contributed by atoms with E-state index in [2.05, 4.69) is 40.5 Å². The number of carbonyl (C=O) groups is 1. The molecule has 0 aliphatic carbocycles. The Hall–Kier alpha value is -2.60. The molecule has 0 saturated carbocycles. The molecule has 1 aliphatic rings. The molecule has 4 nitrogen and oxygen atoms in total. The van der Waals surface area contributed by atoms with Crippen molar-refractivity contribution in [2.24, 2.45) is 5.92 Å². The fourth-order valence-electron chi connectivity index (χ4n) is 4.11. The molecule has 1 heterocycles. The van der Waals surface area contributed by atoms with Crippen LogP contribution in [0.2, 0.25) is 10.0 Å². The summed E-state index contributed by atoms with van der Waals surface area (Å²) in [7, 11) is 0. The van der Waals surface area contributed by atoms with Crippen molar-refractivity contribution < 1.29 is 9.53 Å². The molecule has 0 aromatic heterocycles. The van der Waals surface area contributed by atoms with Gasteiger partial charge < -0.3 is 15.0 Å². The van der Waals surface area contributed by atoms with Crippen molar-refractivity contribution in [2.45, 2.75) is 19.3 Å². The predicted molar refractivity (Wildman–Crippen MR) is 143 cm³/mol. The van der Waals surface area contributed by atoms with Gasteiger partial charge in [0.2, 0.25) is 0 Å². The van der Waals surface area contributed by atoms with Crippen molar-refractivity contribution in [3.05, 3.63) is 94.0 Å². The molecule has 0 unspecified atom stereocenters. The number of nitrogens with one attached hydrogen (secondary N) is 1. The van der Waals surface area contributed by atoms with Crippen molar-refractivity contribution >= 4 is 52.0 Å². The van der Waals surface area contributed by atoms with E-state index in [1.165, 1.54) is 5.56 Å². The third kappa shape index (κ3) is 6.50. The summed E-state index contributed by atoms with van der Waals surface area (Å²) >= 11 is 18.3. The summed E-state index contributed by atoms with van der Waals surface area (Å²) in [5.41, 5.74) is 2.82. The van der Waals surface area contributed by atoms with Gasteiger partial charge in [0.25, 0.3) is 5.91 Å². The number of hydrogen-bond donors (Lipinski definition) is 1. The number of halogens is 2. The van der Waals surface area contributed by atoms with Gasteiger partial charge in [-0.25, -0.2) is 0 Å². The van der Waals surface area contributed by atoms with E-state index < -0.39 is 0 Å². The Morgan fingerprint density at radius 2 is 1.68 bits per heavy atom. The Morgan fingerprint density at radius 3 is 2.38 bits per heavy atom. The van der Waals surface area contributed by atoms with Gasteiger partial charge in [0.15, 0.2) is 6.61 Å². The average Bonchev–Trinajstić information content (AvgIpc) is 2.85. The van der Waals surface area contributed by atoms with Gasteiger partial charge in [-0.1, -0.05) is 77.9 Å². The number of thiocarbonyl (C=S) groups is 1. The van der Waals surface area contributed by atoms with Gasteiger partial charge >= 0.3 is 0 Å². The van der Waals surface area contributed by atoms with Crippen LogP contribution in [-0.2, 0) is 11.2 Å². The molecule has 1 saturated heterocycles. The molecule has 1 fully saturated rings. The Labute approximate surface area is 215 Å². The molecular formula is C27H26Cl2N2O2S. The molecule has 0 radical (unpaired) electrons. The monoisotopic (exact) mass is 512 g/mol. The highest BCUT2D eigenvalue weighted by atomic mass is 35.5. The molecule has 3 aromatic carbocycles. The summed E-state index contributed by atoms with van der Waals surface area (Å²) < 4.78 is 5.62. The van der Waals surface area contributed by atoms with Gasteiger partial charge in [0.05, 0.1) is 15.7 Å². The molecule has 4 rings (SSSR count). The second-order valence-electron chi connectivity index (χ2n) is 8.39. The van der Waals surface area contributed by atoms with Crippen LogP contribution in [0, 0.1) is 5.92 Å². The molecule has 7 heteroatoms. The fraction of sp³-hybridized carbons (Fsp3) is 0.259. The number of para-hydroxylation sites is 1. The zero-order chi connectivity index (χ0) is 23.9. The number of nitrogens with zero attached hydrogens (tertiary/aromatic N) is 1. The van der Waals surface area contributed by atoms with Gasteiger partial charge in [-0.2, -0.15) is 0 Å². The molecule has 34 heavy (non-hydrogen) atoms. The number of anilines is 1. The van der Waals surface area contributed by atoms with Crippen LogP contribution in [0.4, 0.5) is 5.69 Å². The van der Waals surface area contributed by atoms with Crippen molar-refractivity contribution in [2.75, 3.05) is 25.0 Å². The summed E-state index contributed by atoms with van der Waals surface area (Å²) in [5, 5.41) is 3.61. The molecule has 0 spiro atoms. The number of ether oxygens (including phenoxy) is 1. The number of amides is 1. The zero-order valence-corrected chi connectivity index (χ0v) is 21.0. The van der Waals surface area contributed by atoms with E-state index >= 15 is 0 Å². The molecule has 1 amide bonds. The van der Waals surface area contributed by atoms with Crippen LogP contribution in [0.3, 0.4) is 0 Å². The van der Waals surface area contributed by atoms with E-state index in [0.29, 0.717) is 27.4 Å². The van der Waals surface area contributed by atoms with Gasteiger partial charge in [0, 0.05) is 18.7 Å². The Morgan fingerprint density at radius 1 is 0.971 bits per heavy atom. The first-order valence-corrected chi connectivity index (χ1v) is 12.5. The normalized spacial score (nSPS) is 14.0. The summed E-state index contributed by atoms with van der Waals surface area (Å²) in [6.45, 7) is 1.70. The lowest BCUT2D eigenvalue weighted by Crippen LogP contribution is -2.38. The van der Waals surface area contributed by atoms with Crippen LogP contribution < -0.4 is 10.1 Å². The number of carbonyl (C=O) groups excluding carboxylic acids is 1. The van der Waals surface area contributed by atoms with Crippen LogP contribution in [0.15, 0.2) is 72.8 Å². The maximum atomic E-state index is 12.2. The third-order valence-corrected chi connectivity index (χ3v) is 7.07. The lowest BCUT2D eigenvalue weighted by Gasteiger charge is -2.34. The molecule has 1 N–H and O–H groups in total. The smallest absolute Gasteiger partial charge is 0.262 e. The SMILES string of the molecule is O=C(COc1ccc(C(=S)N2CCC(Cc3ccccc3)CC2)cc1Cl)Nc1ccccc1Cl. The molecule has 0 bridgehead atoms. The van der Waals surface area contributed by atoms with Crippen LogP contribution in [-0.4, -0.2) is 35.5 Å². The van der Waals surface area contributed by atoms with Crippen molar-refractivity contribution in [3.8, 4) is 5.75 Å². The second-order valence-corrected chi connectivity index (χ2v) is 9.59. The van der Waals surface area contributed by atoms with Crippen molar-refractivity contribution in [3.63, 3.8) is 0 Å². The molecule has 1 aliphatic heterocycles. The first-order chi connectivity index (χ1) is 16.5. The summed E-state index contributed by atoms with van der Waals surface area (Å²) in [5.74, 6) is 0.795. The van der Waals surface area contributed by atoms with Crippen LogP contribution in [0.25, 0.3) is 0 Å². The average molecular weight is 513 g/mol. The fourth-order valence-corrected chi connectivity index (χ4v) is 4.84. The maximum Gasteiger partial charge on any atom is 0.262 e. The zero-order valence-electron chi connectivity index (χ0n) is 18.7. The van der Waals surface area contributed by atoms with Crippen molar-refractivity contribution in [1.82, 2.24) is 4.90 Å². The van der Waals surface area contributed by atoms with Crippen LogP contribution >= 0.6 is 35.4 Å². The van der Waals surface area contributed by atoms with Gasteiger partial charge in [-0.05, 0) is 61.1 Å². The lowest BCUT2D eigenvalue weighted by atomic mass is 9.90. The molecule has 176 valence electrons. The summed E-state index contributed by atoms with van der Waals surface area (Å²) in [4.78, 5) is 15.3. The lowest BCUT2D eigenvalue weighted by molar-refractivity contribution is -0.118. The van der Waals surface area contributed by atoms with Gasteiger partial charge in [0.1, 0.15) is 10.7 Å². The molecular weight excluding hydrogens is 487 g/mol. The standard InChI is InChI=1S/C27H26Cl2N2O2S/c28-22-8-4-5-9-24(22)30-26(32)18-33-25-11-10-21(17-23(25)29)27(34)31-14-12-20(13-15-31)16-19-6-2-1-3-7-19/h1-11,17,20H,12-16,18H2,(H,30,32). The molecule has 3 aromatic rings.